The Balaban J connectivity index is 2.29. The number of amidine groups is 1. The first-order chi connectivity index (χ1) is 10.1. The Kier molecular flexibility index (Phi) is 5.04. The highest BCUT2D eigenvalue weighted by Crippen LogP contribution is 2.21. The van der Waals surface area contributed by atoms with Crippen LogP contribution in [0.5, 0.6) is 0 Å². The summed E-state index contributed by atoms with van der Waals surface area (Å²) in [6, 6.07) is 3.79. The minimum atomic E-state index is -0.251. The van der Waals surface area contributed by atoms with Crippen LogP contribution in [-0.2, 0) is 6.54 Å². The number of anilines is 1. The average Bonchev–Trinajstić information content (AvgIpc) is 2.47. The van der Waals surface area contributed by atoms with Gasteiger partial charge < -0.3 is 15.6 Å². The summed E-state index contributed by atoms with van der Waals surface area (Å²) >= 11 is 3.25. The molecule has 0 spiro atoms. The van der Waals surface area contributed by atoms with Crippen molar-refractivity contribution in [1.29, 1.82) is 5.41 Å². The molecule has 2 rings (SSSR count). The van der Waals surface area contributed by atoms with Gasteiger partial charge in [0, 0.05) is 31.9 Å². The van der Waals surface area contributed by atoms with Crippen molar-refractivity contribution >= 4 is 27.6 Å². The van der Waals surface area contributed by atoms with Crippen molar-refractivity contribution in [3.63, 3.8) is 0 Å². The molecule has 0 amide bonds. The summed E-state index contributed by atoms with van der Waals surface area (Å²) in [5.74, 6) is 0.607. The van der Waals surface area contributed by atoms with E-state index in [2.05, 4.69) is 30.9 Å². The molecule has 8 heteroatoms. The third kappa shape index (κ3) is 4.12. The van der Waals surface area contributed by atoms with Crippen molar-refractivity contribution in [2.75, 3.05) is 11.4 Å². The second kappa shape index (κ2) is 6.98. The Hall–Kier alpha value is -2.22. The minimum absolute atomic E-state index is 0.0900. The lowest BCUT2D eigenvalue weighted by atomic mass is 10.2. The second-order valence-electron chi connectivity index (χ2n) is 4.43. The molecule has 0 unspecified atom stereocenters. The lowest BCUT2D eigenvalue weighted by Gasteiger charge is -2.24. The minimum Gasteiger partial charge on any atom is -0.388 e. The zero-order valence-corrected chi connectivity index (χ0v) is 12.8. The fourth-order valence-electron chi connectivity index (χ4n) is 1.82. The van der Waals surface area contributed by atoms with Crippen LogP contribution < -0.4 is 16.2 Å². The molecule has 110 valence electrons. The smallest absolute Gasteiger partial charge is 0.267 e. The van der Waals surface area contributed by atoms with Gasteiger partial charge in [0.05, 0.1) is 12.2 Å². The van der Waals surface area contributed by atoms with E-state index in [9.17, 15) is 4.79 Å². The van der Waals surface area contributed by atoms with Crippen LogP contribution in [0.15, 0.2) is 40.1 Å². The fourth-order valence-corrected chi connectivity index (χ4v) is 2.29. The predicted molar refractivity (Wildman–Crippen MR) is 84.4 cm³/mol. The Morgan fingerprint density at radius 1 is 1.52 bits per heavy atom. The monoisotopic (exact) mass is 350 g/mol. The number of H-pyrrole nitrogens is 1. The number of nitrogens with two attached hydrogens (primary N) is 1. The highest BCUT2D eigenvalue weighted by molar-refractivity contribution is 9.10. The molecule has 0 bridgehead atoms. The normalized spacial score (nSPS) is 10.3. The molecule has 0 saturated heterocycles. The lowest BCUT2D eigenvalue weighted by Crippen LogP contribution is -2.30. The molecular formula is C13H15BrN6O. The molecule has 0 radical (unpaired) electrons. The van der Waals surface area contributed by atoms with E-state index in [1.807, 2.05) is 17.0 Å². The van der Waals surface area contributed by atoms with E-state index in [1.165, 1.54) is 6.33 Å². The summed E-state index contributed by atoms with van der Waals surface area (Å²) in [7, 11) is 0. The molecule has 7 nitrogen and oxygen atoms in total. The Morgan fingerprint density at radius 3 is 3.00 bits per heavy atom. The first kappa shape index (κ1) is 15.2. The van der Waals surface area contributed by atoms with Crippen molar-refractivity contribution in [3.05, 3.63) is 51.2 Å². The van der Waals surface area contributed by atoms with Gasteiger partial charge in [0.15, 0.2) is 5.82 Å². The van der Waals surface area contributed by atoms with E-state index >= 15 is 0 Å². The number of hydrogen-bond acceptors (Lipinski definition) is 5. The summed E-state index contributed by atoms with van der Waals surface area (Å²) in [5.41, 5.74) is 6.16. The van der Waals surface area contributed by atoms with Gasteiger partial charge in [-0.15, -0.1) is 0 Å². The zero-order chi connectivity index (χ0) is 15.2. The van der Waals surface area contributed by atoms with Gasteiger partial charge in [-0.1, -0.05) is 6.07 Å². The van der Waals surface area contributed by atoms with Gasteiger partial charge in [-0.3, -0.25) is 15.2 Å². The molecule has 0 atom stereocenters. The molecule has 4 N–H and O–H groups in total. The standard InChI is InChI=1S/C13H15BrN6O/c14-11-12(18-8-19-13(11)21)20(5-3-10(15)16)7-9-2-1-4-17-6-9/h1-2,4,6,8H,3,5,7H2,(H3,15,16)(H,18,19,21). The highest BCUT2D eigenvalue weighted by Gasteiger charge is 2.15. The molecule has 0 aliphatic carbocycles. The first-order valence-electron chi connectivity index (χ1n) is 6.28. The van der Waals surface area contributed by atoms with Gasteiger partial charge >= 0.3 is 0 Å². The van der Waals surface area contributed by atoms with E-state index in [0.717, 1.165) is 5.56 Å². The van der Waals surface area contributed by atoms with E-state index in [-0.39, 0.29) is 11.4 Å². The maximum Gasteiger partial charge on any atom is 0.267 e. The van der Waals surface area contributed by atoms with E-state index in [4.69, 9.17) is 11.1 Å². The van der Waals surface area contributed by atoms with Gasteiger partial charge in [0.25, 0.3) is 5.56 Å². The van der Waals surface area contributed by atoms with Crippen molar-refractivity contribution < 1.29 is 0 Å². The third-order valence-electron chi connectivity index (χ3n) is 2.82. The van der Waals surface area contributed by atoms with Crippen molar-refractivity contribution in [3.8, 4) is 0 Å². The fraction of sp³-hybridized carbons (Fsp3) is 0.231. The van der Waals surface area contributed by atoms with Crippen molar-refractivity contribution in [1.82, 2.24) is 15.0 Å². The van der Waals surface area contributed by atoms with Crippen LogP contribution in [-0.4, -0.2) is 27.3 Å². The van der Waals surface area contributed by atoms with Crippen molar-refractivity contribution in [2.45, 2.75) is 13.0 Å². The summed E-state index contributed by atoms with van der Waals surface area (Å²) in [6.07, 6.45) is 5.19. The van der Waals surface area contributed by atoms with Crippen LogP contribution in [0, 0.1) is 5.41 Å². The van der Waals surface area contributed by atoms with Gasteiger partial charge in [-0.2, -0.15) is 0 Å². The SMILES string of the molecule is N=C(N)CCN(Cc1cccnc1)c1nc[nH]c(=O)c1Br. The van der Waals surface area contributed by atoms with Crippen LogP contribution in [0.2, 0.25) is 0 Å². The Morgan fingerprint density at radius 2 is 2.33 bits per heavy atom. The lowest BCUT2D eigenvalue weighted by molar-refractivity contribution is 0.776. The largest absolute Gasteiger partial charge is 0.388 e. The Labute approximate surface area is 129 Å². The maximum absolute atomic E-state index is 11.7. The third-order valence-corrected chi connectivity index (χ3v) is 3.54. The maximum atomic E-state index is 11.7. The molecule has 2 heterocycles. The average molecular weight is 351 g/mol. The van der Waals surface area contributed by atoms with Crippen LogP contribution in [0.3, 0.4) is 0 Å². The zero-order valence-electron chi connectivity index (χ0n) is 11.2. The number of pyridine rings is 1. The molecular weight excluding hydrogens is 336 g/mol. The van der Waals surface area contributed by atoms with Gasteiger partial charge in [0.1, 0.15) is 4.47 Å². The van der Waals surface area contributed by atoms with Crippen LogP contribution in [0.4, 0.5) is 5.82 Å². The first-order valence-corrected chi connectivity index (χ1v) is 7.07. The second-order valence-corrected chi connectivity index (χ2v) is 5.22. The van der Waals surface area contributed by atoms with E-state index < -0.39 is 0 Å². The molecule has 2 aromatic heterocycles. The van der Waals surface area contributed by atoms with Gasteiger partial charge in [-0.05, 0) is 27.6 Å². The van der Waals surface area contributed by atoms with Gasteiger partial charge in [0.2, 0.25) is 0 Å². The quantitative estimate of drug-likeness (QED) is 0.536. The molecule has 0 aliphatic heterocycles. The van der Waals surface area contributed by atoms with Gasteiger partial charge in [-0.25, -0.2) is 4.98 Å². The number of aromatic amines is 1. The molecule has 2 aromatic rings. The van der Waals surface area contributed by atoms with Crippen LogP contribution in [0.25, 0.3) is 0 Å². The van der Waals surface area contributed by atoms with Crippen LogP contribution >= 0.6 is 15.9 Å². The topological polar surface area (TPSA) is 112 Å². The molecule has 0 saturated carbocycles. The van der Waals surface area contributed by atoms with Crippen LogP contribution in [0.1, 0.15) is 12.0 Å². The Bertz CT molecular complexity index is 672. The molecule has 0 aliphatic rings. The number of nitrogens with zero attached hydrogens (tertiary/aromatic N) is 3. The number of halogens is 1. The molecule has 0 aromatic carbocycles. The number of aromatic nitrogens is 3. The summed E-state index contributed by atoms with van der Waals surface area (Å²) in [6.45, 7) is 1.01. The van der Waals surface area contributed by atoms with E-state index in [1.54, 1.807) is 12.4 Å². The predicted octanol–water partition coefficient (Wildman–Crippen LogP) is 1.26. The van der Waals surface area contributed by atoms with Crippen molar-refractivity contribution in [2.24, 2.45) is 5.73 Å². The van der Waals surface area contributed by atoms with E-state index in [0.29, 0.717) is 29.8 Å². The molecule has 0 fully saturated rings. The number of rotatable bonds is 6. The molecule has 21 heavy (non-hydrogen) atoms. The number of nitrogens with one attached hydrogen (secondary N) is 2. The summed E-state index contributed by atoms with van der Waals surface area (Å²) in [4.78, 5) is 24.4. The number of hydrogen-bond donors (Lipinski definition) is 3. The highest BCUT2D eigenvalue weighted by atomic mass is 79.9. The summed E-state index contributed by atoms with van der Waals surface area (Å²) in [5, 5.41) is 7.36. The summed E-state index contributed by atoms with van der Waals surface area (Å²) < 4.78 is 0.359.